The van der Waals surface area contributed by atoms with Gasteiger partial charge >= 0.3 is 0 Å². The molecule has 2 heteroatoms. The molecule has 2 nitrogen and oxygen atoms in total. The van der Waals surface area contributed by atoms with Crippen molar-refractivity contribution in [2.45, 2.75) is 65.4 Å². The van der Waals surface area contributed by atoms with E-state index in [4.69, 9.17) is 0 Å². The molecule has 0 spiro atoms. The van der Waals surface area contributed by atoms with E-state index in [1.165, 1.54) is 39.0 Å². The van der Waals surface area contributed by atoms with E-state index >= 15 is 0 Å². The number of carbonyl (C=O) groups excluding carboxylic acids is 1. The first-order valence-electron chi connectivity index (χ1n) is 6.67. The molecule has 1 saturated carbocycles. The summed E-state index contributed by atoms with van der Waals surface area (Å²) < 4.78 is 0. The third-order valence-electron chi connectivity index (χ3n) is 3.72. The van der Waals surface area contributed by atoms with Crippen LogP contribution < -0.4 is 0 Å². The summed E-state index contributed by atoms with van der Waals surface area (Å²) in [6, 6.07) is 0. The van der Waals surface area contributed by atoms with Crippen LogP contribution in [0.3, 0.4) is 0 Å². The van der Waals surface area contributed by atoms with Crippen LogP contribution in [-0.2, 0) is 4.79 Å². The fourth-order valence-electron chi connectivity index (χ4n) is 2.98. The van der Waals surface area contributed by atoms with Gasteiger partial charge < -0.3 is 5.11 Å². The minimum absolute atomic E-state index is 0.0778. The van der Waals surface area contributed by atoms with E-state index < -0.39 is 6.10 Å². The third-order valence-corrected chi connectivity index (χ3v) is 3.72. The van der Waals surface area contributed by atoms with E-state index in [2.05, 4.69) is 13.8 Å². The van der Waals surface area contributed by atoms with Crippen LogP contribution in [0.25, 0.3) is 0 Å². The average molecular weight is 226 g/mol. The second-order valence-corrected chi connectivity index (χ2v) is 5.89. The van der Waals surface area contributed by atoms with Gasteiger partial charge in [0.2, 0.25) is 0 Å². The first-order valence-corrected chi connectivity index (χ1v) is 6.67. The van der Waals surface area contributed by atoms with Crippen LogP contribution in [0.4, 0.5) is 0 Å². The number of aliphatic hydroxyl groups is 1. The van der Waals surface area contributed by atoms with Gasteiger partial charge in [-0.05, 0) is 43.9 Å². The molecule has 16 heavy (non-hydrogen) atoms. The average Bonchev–Trinajstić information content (AvgIpc) is 2.16. The zero-order chi connectivity index (χ0) is 12.1. The molecule has 1 aliphatic rings. The Bertz CT molecular complexity index is 223. The van der Waals surface area contributed by atoms with Gasteiger partial charge in [0.05, 0.1) is 0 Å². The summed E-state index contributed by atoms with van der Waals surface area (Å²) in [4.78, 5) is 11.0. The van der Waals surface area contributed by atoms with Gasteiger partial charge in [-0.3, -0.25) is 4.79 Å². The number of carbonyl (C=O) groups is 1. The zero-order valence-electron chi connectivity index (χ0n) is 10.9. The van der Waals surface area contributed by atoms with Crippen LogP contribution >= 0.6 is 0 Å². The topological polar surface area (TPSA) is 37.3 Å². The molecule has 1 fully saturated rings. The number of hydrogen-bond acceptors (Lipinski definition) is 2. The monoisotopic (exact) mass is 226 g/mol. The van der Waals surface area contributed by atoms with Gasteiger partial charge in [-0.1, -0.05) is 33.1 Å². The van der Waals surface area contributed by atoms with Crippen LogP contribution in [0, 0.1) is 17.8 Å². The maximum Gasteiger partial charge on any atom is 0.158 e. The molecule has 2 unspecified atom stereocenters. The summed E-state index contributed by atoms with van der Waals surface area (Å²) in [6.07, 6.45) is 6.28. The zero-order valence-corrected chi connectivity index (χ0v) is 10.9. The normalized spacial score (nSPS) is 28.1. The maximum atomic E-state index is 11.0. The molecular weight excluding hydrogens is 200 g/mol. The van der Waals surface area contributed by atoms with Crippen molar-refractivity contribution >= 4 is 5.78 Å². The Morgan fingerprint density at radius 2 is 1.81 bits per heavy atom. The Hall–Kier alpha value is -0.370. The first-order chi connectivity index (χ1) is 7.49. The van der Waals surface area contributed by atoms with Crippen molar-refractivity contribution in [3.8, 4) is 0 Å². The van der Waals surface area contributed by atoms with Gasteiger partial charge in [0.15, 0.2) is 5.78 Å². The molecule has 0 aromatic heterocycles. The molecule has 0 radical (unpaired) electrons. The molecule has 0 saturated heterocycles. The van der Waals surface area contributed by atoms with E-state index in [9.17, 15) is 9.90 Å². The lowest BCUT2D eigenvalue weighted by atomic mass is 9.76. The number of hydrogen-bond donors (Lipinski definition) is 1. The Balaban J connectivity index is 2.35. The highest BCUT2D eigenvalue weighted by Gasteiger charge is 2.25. The van der Waals surface area contributed by atoms with Crippen LogP contribution in [0.15, 0.2) is 0 Å². The second-order valence-electron chi connectivity index (χ2n) is 5.89. The lowest BCUT2D eigenvalue weighted by Gasteiger charge is -2.31. The van der Waals surface area contributed by atoms with Crippen molar-refractivity contribution in [2.75, 3.05) is 0 Å². The highest BCUT2D eigenvalue weighted by atomic mass is 16.3. The summed E-state index contributed by atoms with van der Waals surface area (Å²) in [5.74, 6) is 2.07. The predicted molar refractivity (Wildman–Crippen MR) is 66.2 cm³/mol. The molecule has 94 valence electrons. The van der Waals surface area contributed by atoms with Crippen molar-refractivity contribution in [3.63, 3.8) is 0 Å². The van der Waals surface area contributed by atoms with Crippen molar-refractivity contribution in [1.82, 2.24) is 0 Å². The van der Waals surface area contributed by atoms with Gasteiger partial charge in [-0.2, -0.15) is 0 Å². The molecule has 1 N–H and O–H groups in total. The molecular formula is C14H26O2. The fourth-order valence-corrected chi connectivity index (χ4v) is 2.98. The number of rotatable bonds is 5. The van der Waals surface area contributed by atoms with Gasteiger partial charge in [0.1, 0.15) is 6.10 Å². The molecule has 0 aromatic carbocycles. The van der Waals surface area contributed by atoms with E-state index in [0.29, 0.717) is 12.3 Å². The molecule has 1 rings (SSSR count). The van der Waals surface area contributed by atoms with Crippen LogP contribution in [0.1, 0.15) is 59.3 Å². The van der Waals surface area contributed by atoms with Crippen molar-refractivity contribution < 1.29 is 9.90 Å². The SMILES string of the molecule is CC(=O)C(O)C[C@H]1CCCC(CC(C)C)C1. The smallest absolute Gasteiger partial charge is 0.158 e. The Kier molecular flexibility index (Phi) is 5.47. The highest BCUT2D eigenvalue weighted by Crippen LogP contribution is 2.35. The van der Waals surface area contributed by atoms with Crippen LogP contribution in [0.5, 0.6) is 0 Å². The number of ketones is 1. The Morgan fingerprint density at radius 3 is 2.31 bits per heavy atom. The predicted octanol–water partition coefficient (Wildman–Crippen LogP) is 3.18. The van der Waals surface area contributed by atoms with E-state index in [1.807, 2.05) is 0 Å². The number of aliphatic hydroxyl groups excluding tert-OH is 1. The van der Waals surface area contributed by atoms with Gasteiger partial charge in [-0.25, -0.2) is 0 Å². The highest BCUT2D eigenvalue weighted by molar-refractivity contribution is 5.80. The fraction of sp³-hybridized carbons (Fsp3) is 0.929. The van der Waals surface area contributed by atoms with E-state index in [-0.39, 0.29) is 5.78 Å². The summed E-state index contributed by atoms with van der Waals surface area (Å²) in [7, 11) is 0. The molecule has 0 aliphatic heterocycles. The quantitative estimate of drug-likeness (QED) is 0.781. The van der Waals surface area contributed by atoms with Gasteiger partial charge in [0, 0.05) is 0 Å². The summed E-state index contributed by atoms with van der Waals surface area (Å²) in [6.45, 7) is 6.03. The summed E-state index contributed by atoms with van der Waals surface area (Å²) >= 11 is 0. The minimum Gasteiger partial charge on any atom is -0.385 e. The first kappa shape index (κ1) is 13.7. The van der Waals surface area contributed by atoms with Gasteiger partial charge in [0.25, 0.3) is 0 Å². The van der Waals surface area contributed by atoms with E-state index in [0.717, 1.165) is 11.8 Å². The summed E-state index contributed by atoms with van der Waals surface area (Å²) in [5, 5.41) is 9.60. The summed E-state index contributed by atoms with van der Waals surface area (Å²) in [5.41, 5.74) is 0. The van der Waals surface area contributed by atoms with Crippen LogP contribution in [0.2, 0.25) is 0 Å². The molecule has 3 atom stereocenters. The largest absolute Gasteiger partial charge is 0.385 e. The minimum atomic E-state index is -0.720. The molecule has 0 aromatic rings. The number of Topliss-reactive ketones (excluding diaryl/α,β-unsaturated/α-hetero) is 1. The van der Waals surface area contributed by atoms with Crippen molar-refractivity contribution in [3.05, 3.63) is 0 Å². The molecule has 0 bridgehead atoms. The third kappa shape index (κ3) is 4.65. The maximum absolute atomic E-state index is 11.0. The van der Waals surface area contributed by atoms with Gasteiger partial charge in [-0.15, -0.1) is 0 Å². The lowest BCUT2D eigenvalue weighted by molar-refractivity contribution is -0.125. The van der Waals surface area contributed by atoms with E-state index in [1.54, 1.807) is 0 Å². The van der Waals surface area contributed by atoms with Crippen molar-refractivity contribution in [1.29, 1.82) is 0 Å². The van der Waals surface area contributed by atoms with Crippen molar-refractivity contribution in [2.24, 2.45) is 17.8 Å². The van der Waals surface area contributed by atoms with Crippen LogP contribution in [-0.4, -0.2) is 17.0 Å². The standard InChI is InChI=1S/C14H26O2/c1-10(2)7-12-5-4-6-13(8-12)9-14(16)11(3)15/h10,12-14,16H,4-9H2,1-3H3/t12?,13-,14?/m0/s1. The second kappa shape index (κ2) is 6.39. The Labute approximate surface area is 99.4 Å². The molecule has 0 heterocycles. The molecule has 1 aliphatic carbocycles. The lowest BCUT2D eigenvalue weighted by Crippen LogP contribution is -2.25. The molecule has 0 amide bonds. The Morgan fingerprint density at radius 1 is 1.25 bits per heavy atom.